The molecule has 5 heterocycles. The third-order valence-electron chi connectivity index (χ3n) is 5.56. The molecule has 0 saturated carbocycles. The van der Waals surface area contributed by atoms with Crippen molar-refractivity contribution in [1.82, 2.24) is 14.9 Å². The molecular weight excluding hydrogens is 388 g/mol. The topological polar surface area (TPSA) is 104 Å². The van der Waals surface area contributed by atoms with Crippen LogP contribution in [0.1, 0.15) is 21.7 Å². The lowest BCUT2D eigenvalue weighted by Gasteiger charge is -2.56. The molecule has 148 valence electrons. The number of carbonyl (C=O) groups is 2. The van der Waals surface area contributed by atoms with Crippen LogP contribution in [-0.2, 0) is 0 Å². The number of nitrogens with zero attached hydrogens (tertiary/aromatic N) is 4. The predicted octanol–water partition coefficient (Wildman–Crippen LogP) is 2.59. The molecule has 3 N–H and O–H groups in total. The molecule has 8 nitrogen and oxygen atoms in total. The monoisotopic (exact) mass is 408 g/mol. The van der Waals surface area contributed by atoms with Crippen LogP contribution in [0.2, 0.25) is 0 Å². The van der Waals surface area contributed by atoms with Gasteiger partial charge in [-0.2, -0.15) is 0 Å². The lowest BCUT2D eigenvalue weighted by atomic mass is 9.87. The van der Waals surface area contributed by atoms with E-state index in [0.29, 0.717) is 18.0 Å². The molecule has 2 bridgehead atoms. The Bertz CT molecular complexity index is 1100. The molecule has 0 aliphatic carbocycles. The fraction of sp³-hybridized carbons (Fsp3) is 0.300. The number of piperazine rings is 1. The number of thiophene rings is 1. The summed E-state index contributed by atoms with van der Waals surface area (Å²) < 4.78 is 0.869. The number of nitrogens with one attached hydrogen (secondary N) is 1. The van der Waals surface area contributed by atoms with Crippen LogP contribution in [0.3, 0.4) is 0 Å². The standard InChI is InChI=1S/C20H20N6O2S/c1-11-2-4-12(5-3-11)24-20(28)25-8-13-6-14(9-25)26(13)19-17-15(22-10-23-19)7-16(29-17)18(21)27/h2-5,7,10,13-14H,6,8-9H2,1H3,(H2,21,27)(H,24,28)/t13-,14+. The summed E-state index contributed by atoms with van der Waals surface area (Å²) >= 11 is 1.32. The van der Waals surface area contributed by atoms with Crippen LogP contribution in [0, 0.1) is 6.92 Å². The number of urea groups is 1. The van der Waals surface area contributed by atoms with Gasteiger partial charge in [-0.1, -0.05) is 17.7 Å². The second kappa shape index (κ2) is 6.70. The number of aromatic nitrogens is 2. The molecule has 2 atom stereocenters. The number of piperidine rings is 1. The van der Waals surface area contributed by atoms with E-state index in [1.165, 1.54) is 17.7 Å². The lowest BCUT2D eigenvalue weighted by molar-refractivity contribution is 0.100. The maximum absolute atomic E-state index is 12.7. The SMILES string of the molecule is Cc1ccc(NC(=O)N2C[C@H]3C[C@@H](C2)N3c2ncnc3cc(C(N)=O)sc23)cc1. The highest BCUT2D eigenvalue weighted by Crippen LogP contribution is 2.41. The number of primary amides is 1. The number of hydrogen-bond donors (Lipinski definition) is 2. The number of rotatable bonds is 3. The summed E-state index contributed by atoms with van der Waals surface area (Å²) in [6.45, 7) is 3.28. The molecule has 0 radical (unpaired) electrons. The Labute approximate surface area is 171 Å². The molecule has 3 amide bonds. The Hall–Kier alpha value is -3.20. The quantitative estimate of drug-likeness (QED) is 0.693. The van der Waals surface area contributed by atoms with Gasteiger partial charge in [0.05, 0.1) is 27.2 Å². The average molecular weight is 408 g/mol. The fourth-order valence-corrected chi connectivity index (χ4v) is 5.06. The molecule has 0 spiro atoms. The molecular formula is C20H20N6O2S. The number of fused-ring (bicyclic) bond motifs is 3. The summed E-state index contributed by atoms with van der Waals surface area (Å²) in [4.78, 5) is 37.5. The molecule has 3 saturated heterocycles. The molecule has 3 aliphatic heterocycles. The van der Waals surface area contributed by atoms with Crippen molar-refractivity contribution in [3.63, 3.8) is 0 Å². The summed E-state index contributed by atoms with van der Waals surface area (Å²) in [6.07, 6.45) is 2.54. The zero-order valence-electron chi connectivity index (χ0n) is 15.8. The summed E-state index contributed by atoms with van der Waals surface area (Å²) in [5.41, 5.74) is 8.11. The largest absolute Gasteiger partial charge is 0.365 e. The average Bonchev–Trinajstić information content (AvgIpc) is 3.15. The number of aryl methyl sites for hydroxylation is 1. The first-order valence-electron chi connectivity index (χ1n) is 9.45. The zero-order valence-corrected chi connectivity index (χ0v) is 16.6. The van der Waals surface area contributed by atoms with Crippen molar-refractivity contribution in [2.75, 3.05) is 23.3 Å². The third kappa shape index (κ3) is 3.07. The summed E-state index contributed by atoms with van der Waals surface area (Å²) in [7, 11) is 0. The molecule has 1 aromatic carbocycles. The molecule has 3 aliphatic rings. The molecule has 6 rings (SSSR count). The fourth-order valence-electron chi connectivity index (χ4n) is 4.11. The van der Waals surface area contributed by atoms with Crippen molar-refractivity contribution < 1.29 is 9.59 Å². The number of hydrogen-bond acceptors (Lipinski definition) is 6. The van der Waals surface area contributed by atoms with Crippen LogP contribution >= 0.6 is 11.3 Å². The molecule has 3 fully saturated rings. The minimum absolute atomic E-state index is 0.0804. The van der Waals surface area contributed by atoms with Gasteiger partial charge in [-0.05, 0) is 31.5 Å². The van der Waals surface area contributed by atoms with Crippen molar-refractivity contribution in [1.29, 1.82) is 0 Å². The number of amides is 3. The minimum atomic E-state index is -0.457. The van der Waals surface area contributed by atoms with Gasteiger partial charge in [0.1, 0.15) is 6.33 Å². The van der Waals surface area contributed by atoms with E-state index in [1.54, 1.807) is 6.07 Å². The van der Waals surface area contributed by atoms with Crippen LogP contribution in [0.25, 0.3) is 10.2 Å². The van der Waals surface area contributed by atoms with Crippen molar-refractivity contribution in [2.24, 2.45) is 5.73 Å². The van der Waals surface area contributed by atoms with Gasteiger partial charge in [-0.15, -0.1) is 11.3 Å². The molecule has 2 aromatic heterocycles. The van der Waals surface area contributed by atoms with Crippen LogP contribution in [0.5, 0.6) is 0 Å². The predicted molar refractivity (Wildman–Crippen MR) is 112 cm³/mol. The first kappa shape index (κ1) is 17.9. The maximum atomic E-state index is 12.7. The molecule has 9 heteroatoms. The number of carbonyl (C=O) groups excluding carboxylic acids is 2. The van der Waals surface area contributed by atoms with Gasteiger partial charge in [0, 0.05) is 18.8 Å². The van der Waals surface area contributed by atoms with E-state index in [-0.39, 0.29) is 18.1 Å². The second-order valence-corrected chi connectivity index (χ2v) is 8.59. The van der Waals surface area contributed by atoms with E-state index in [4.69, 9.17) is 5.73 Å². The van der Waals surface area contributed by atoms with Gasteiger partial charge < -0.3 is 20.9 Å². The van der Waals surface area contributed by atoms with Gasteiger partial charge in [-0.25, -0.2) is 14.8 Å². The Kier molecular flexibility index (Phi) is 4.13. The van der Waals surface area contributed by atoms with E-state index in [9.17, 15) is 9.59 Å². The lowest BCUT2D eigenvalue weighted by Crippen LogP contribution is -2.70. The second-order valence-electron chi connectivity index (χ2n) is 7.54. The Morgan fingerprint density at radius 2 is 1.90 bits per heavy atom. The van der Waals surface area contributed by atoms with Gasteiger partial charge in [0.2, 0.25) is 0 Å². The van der Waals surface area contributed by atoms with Crippen molar-refractivity contribution in [3.8, 4) is 0 Å². The number of anilines is 2. The molecule has 0 unspecified atom stereocenters. The van der Waals surface area contributed by atoms with Gasteiger partial charge >= 0.3 is 6.03 Å². The van der Waals surface area contributed by atoms with Gasteiger partial charge in [0.25, 0.3) is 5.91 Å². The Balaban J connectivity index is 1.33. The highest BCUT2D eigenvalue weighted by Gasteiger charge is 2.47. The Morgan fingerprint density at radius 3 is 2.59 bits per heavy atom. The number of benzene rings is 1. The first-order chi connectivity index (χ1) is 14.0. The van der Waals surface area contributed by atoms with Crippen molar-refractivity contribution in [2.45, 2.75) is 25.4 Å². The van der Waals surface area contributed by atoms with Crippen LogP contribution in [0.15, 0.2) is 36.7 Å². The third-order valence-corrected chi connectivity index (χ3v) is 6.70. The summed E-state index contributed by atoms with van der Waals surface area (Å²) in [5.74, 6) is 0.369. The smallest absolute Gasteiger partial charge is 0.321 e. The summed E-state index contributed by atoms with van der Waals surface area (Å²) in [5, 5.41) is 2.97. The maximum Gasteiger partial charge on any atom is 0.321 e. The number of nitrogens with two attached hydrogens (primary N) is 1. The molecule has 3 aromatic rings. The van der Waals surface area contributed by atoms with Crippen LogP contribution in [0.4, 0.5) is 16.3 Å². The van der Waals surface area contributed by atoms with Crippen LogP contribution in [-0.4, -0.2) is 52.0 Å². The van der Waals surface area contributed by atoms with E-state index < -0.39 is 5.91 Å². The van der Waals surface area contributed by atoms with Gasteiger partial charge in [-0.3, -0.25) is 4.79 Å². The minimum Gasteiger partial charge on any atom is -0.365 e. The van der Waals surface area contributed by atoms with Crippen molar-refractivity contribution in [3.05, 3.63) is 47.1 Å². The van der Waals surface area contributed by atoms with Crippen molar-refractivity contribution >= 4 is 45.0 Å². The van der Waals surface area contributed by atoms with E-state index in [1.807, 2.05) is 36.1 Å². The van der Waals surface area contributed by atoms with Crippen LogP contribution < -0.4 is 16.0 Å². The highest BCUT2D eigenvalue weighted by molar-refractivity contribution is 7.21. The highest BCUT2D eigenvalue weighted by atomic mass is 32.1. The van der Waals surface area contributed by atoms with Gasteiger partial charge in [0.15, 0.2) is 5.82 Å². The van der Waals surface area contributed by atoms with E-state index in [0.717, 1.165) is 33.7 Å². The zero-order chi connectivity index (χ0) is 20.1. The normalized spacial score (nSPS) is 20.4. The van der Waals surface area contributed by atoms with E-state index >= 15 is 0 Å². The molecule has 29 heavy (non-hydrogen) atoms. The Morgan fingerprint density at radius 1 is 1.17 bits per heavy atom. The summed E-state index contributed by atoms with van der Waals surface area (Å²) in [6, 6.07) is 9.82. The first-order valence-corrected chi connectivity index (χ1v) is 10.3. The van der Waals surface area contributed by atoms with E-state index in [2.05, 4.69) is 20.2 Å².